The molecule has 1 atom stereocenters. The Morgan fingerprint density at radius 1 is 1.13 bits per heavy atom. The summed E-state index contributed by atoms with van der Waals surface area (Å²) in [5.74, 6) is 0.327. The summed E-state index contributed by atoms with van der Waals surface area (Å²) in [6.07, 6.45) is 2.76. The molecule has 0 spiro atoms. The van der Waals surface area contributed by atoms with E-state index in [1.54, 1.807) is 6.07 Å². The summed E-state index contributed by atoms with van der Waals surface area (Å²) < 4.78 is 5.86. The zero-order valence-electron chi connectivity index (χ0n) is 18.0. The van der Waals surface area contributed by atoms with Crippen LogP contribution in [-0.2, 0) is 16.1 Å². The van der Waals surface area contributed by atoms with Gasteiger partial charge in [0.25, 0.3) is 11.8 Å². The number of hydrogen-bond donors (Lipinski definition) is 2. The van der Waals surface area contributed by atoms with E-state index < -0.39 is 0 Å². The first-order valence-corrected chi connectivity index (χ1v) is 11.4. The predicted octanol–water partition coefficient (Wildman–Crippen LogP) is 3.27. The first-order valence-electron chi connectivity index (χ1n) is 10.6. The normalized spacial score (nSPS) is 14.2. The first kappa shape index (κ1) is 22.8. The van der Waals surface area contributed by atoms with Crippen LogP contribution in [0.2, 0.25) is 0 Å². The number of likely N-dealkylation sites (tertiary alicyclic amines) is 1. The number of thiophene rings is 1. The van der Waals surface area contributed by atoms with E-state index in [2.05, 4.69) is 10.6 Å². The molecule has 1 unspecified atom stereocenters. The van der Waals surface area contributed by atoms with E-state index in [9.17, 15) is 14.4 Å². The quantitative estimate of drug-likeness (QED) is 0.623. The van der Waals surface area contributed by atoms with E-state index in [0.717, 1.165) is 36.4 Å². The van der Waals surface area contributed by atoms with Crippen molar-refractivity contribution in [2.45, 2.75) is 45.7 Å². The summed E-state index contributed by atoms with van der Waals surface area (Å²) in [4.78, 5) is 39.5. The van der Waals surface area contributed by atoms with Crippen LogP contribution >= 0.6 is 11.3 Å². The summed E-state index contributed by atoms with van der Waals surface area (Å²) in [7, 11) is 0. The van der Waals surface area contributed by atoms with E-state index in [0.29, 0.717) is 23.6 Å². The smallest absolute Gasteiger partial charge is 0.261 e. The largest absolute Gasteiger partial charge is 0.483 e. The molecule has 0 aliphatic carbocycles. The highest BCUT2D eigenvalue weighted by Gasteiger charge is 2.21. The van der Waals surface area contributed by atoms with Gasteiger partial charge in [0.2, 0.25) is 5.91 Å². The van der Waals surface area contributed by atoms with E-state index in [-0.39, 0.29) is 30.4 Å². The maximum absolute atomic E-state index is 12.8. The lowest BCUT2D eigenvalue weighted by atomic mass is 10.0. The van der Waals surface area contributed by atoms with Crippen LogP contribution in [0.15, 0.2) is 36.4 Å². The average molecular weight is 444 g/mol. The monoisotopic (exact) mass is 443 g/mol. The van der Waals surface area contributed by atoms with Crippen LogP contribution in [0.25, 0.3) is 0 Å². The minimum Gasteiger partial charge on any atom is -0.483 e. The molecule has 0 saturated carbocycles. The van der Waals surface area contributed by atoms with Crippen molar-refractivity contribution in [3.8, 4) is 5.75 Å². The molecule has 2 N–H and O–H groups in total. The van der Waals surface area contributed by atoms with Crippen molar-refractivity contribution in [1.29, 1.82) is 0 Å². The highest BCUT2D eigenvalue weighted by atomic mass is 32.1. The maximum Gasteiger partial charge on any atom is 0.261 e. The molecule has 1 aromatic heterocycles. The fourth-order valence-electron chi connectivity index (χ4n) is 3.53. The second-order valence-electron chi connectivity index (χ2n) is 7.52. The Balaban J connectivity index is 1.64. The van der Waals surface area contributed by atoms with Crippen molar-refractivity contribution in [2.24, 2.45) is 0 Å². The topological polar surface area (TPSA) is 87.7 Å². The molecule has 1 aromatic carbocycles. The molecular formula is C23H29N3O4S. The van der Waals surface area contributed by atoms with E-state index in [1.807, 2.05) is 42.2 Å². The second kappa shape index (κ2) is 10.9. The highest BCUT2D eigenvalue weighted by Crippen LogP contribution is 2.28. The van der Waals surface area contributed by atoms with Crippen molar-refractivity contribution in [2.75, 3.05) is 19.7 Å². The molecule has 3 rings (SSSR count). The zero-order chi connectivity index (χ0) is 22.2. The maximum atomic E-state index is 12.8. The van der Waals surface area contributed by atoms with Gasteiger partial charge in [-0.25, -0.2) is 0 Å². The molecule has 166 valence electrons. The van der Waals surface area contributed by atoms with Gasteiger partial charge in [0.05, 0.1) is 17.5 Å². The zero-order valence-corrected chi connectivity index (χ0v) is 18.8. The van der Waals surface area contributed by atoms with Crippen molar-refractivity contribution in [3.63, 3.8) is 0 Å². The van der Waals surface area contributed by atoms with Gasteiger partial charge in [0, 0.05) is 30.5 Å². The summed E-state index contributed by atoms with van der Waals surface area (Å²) >= 11 is 1.35. The number of ether oxygens (including phenoxy) is 1. The van der Waals surface area contributed by atoms with Gasteiger partial charge < -0.3 is 20.3 Å². The van der Waals surface area contributed by atoms with Gasteiger partial charge in [-0.2, -0.15) is 0 Å². The number of para-hydroxylation sites is 1. The van der Waals surface area contributed by atoms with E-state index in [4.69, 9.17) is 4.74 Å². The fraction of sp³-hybridized carbons (Fsp3) is 0.435. The number of benzene rings is 1. The molecule has 1 saturated heterocycles. The summed E-state index contributed by atoms with van der Waals surface area (Å²) in [5, 5.41) is 5.80. The Bertz CT molecular complexity index is 921. The number of amides is 3. The predicted molar refractivity (Wildman–Crippen MR) is 120 cm³/mol. The van der Waals surface area contributed by atoms with Crippen molar-refractivity contribution in [3.05, 3.63) is 51.7 Å². The number of carbonyl (C=O) groups excluding carboxylic acids is 3. The summed E-state index contributed by atoms with van der Waals surface area (Å²) in [5.41, 5.74) is 0.850. The molecule has 0 bridgehead atoms. The minimum atomic E-state index is -0.244. The van der Waals surface area contributed by atoms with Crippen LogP contribution in [0.4, 0.5) is 0 Å². The van der Waals surface area contributed by atoms with Crippen LogP contribution in [0.1, 0.15) is 59.3 Å². The average Bonchev–Trinajstić information content (AvgIpc) is 3.47. The molecule has 31 heavy (non-hydrogen) atoms. The number of rotatable bonds is 9. The van der Waals surface area contributed by atoms with Crippen molar-refractivity contribution in [1.82, 2.24) is 15.5 Å². The molecule has 7 nitrogen and oxygen atoms in total. The SMILES string of the molecule is CCC(NC(=O)c1ccc(CNC(C)=O)s1)c1ccccc1OCC(=O)N1CCCC1. The lowest BCUT2D eigenvalue weighted by Crippen LogP contribution is -2.32. The Labute approximate surface area is 186 Å². The van der Waals surface area contributed by atoms with Gasteiger partial charge in [-0.3, -0.25) is 14.4 Å². The van der Waals surface area contributed by atoms with Gasteiger partial charge in [0.15, 0.2) is 6.61 Å². The Kier molecular flexibility index (Phi) is 8.06. The standard InChI is InChI=1S/C23H29N3O4S/c1-3-19(25-23(29)21-11-10-17(31-21)14-24-16(2)27)18-8-4-5-9-20(18)30-15-22(28)26-12-6-7-13-26/h4-5,8-11,19H,3,6-7,12-15H2,1-2H3,(H,24,27)(H,25,29). The number of nitrogens with zero attached hydrogens (tertiary/aromatic N) is 1. The number of nitrogens with one attached hydrogen (secondary N) is 2. The third-order valence-corrected chi connectivity index (χ3v) is 6.30. The van der Waals surface area contributed by atoms with Crippen LogP contribution < -0.4 is 15.4 Å². The van der Waals surface area contributed by atoms with Crippen LogP contribution in [-0.4, -0.2) is 42.3 Å². The highest BCUT2D eigenvalue weighted by molar-refractivity contribution is 7.14. The van der Waals surface area contributed by atoms with Crippen LogP contribution in [0.3, 0.4) is 0 Å². The Hall–Kier alpha value is -2.87. The van der Waals surface area contributed by atoms with Crippen LogP contribution in [0, 0.1) is 0 Å². The summed E-state index contributed by atoms with van der Waals surface area (Å²) in [6, 6.07) is 10.9. The van der Waals surface area contributed by atoms with E-state index in [1.165, 1.54) is 18.3 Å². The van der Waals surface area contributed by atoms with Gasteiger partial charge in [0.1, 0.15) is 5.75 Å². The molecule has 1 fully saturated rings. The van der Waals surface area contributed by atoms with E-state index >= 15 is 0 Å². The molecule has 2 aromatic rings. The second-order valence-corrected chi connectivity index (χ2v) is 8.69. The Morgan fingerprint density at radius 2 is 1.87 bits per heavy atom. The summed E-state index contributed by atoms with van der Waals surface area (Å²) in [6.45, 7) is 5.45. The fourth-order valence-corrected chi connectivity index (χ4v) is 4.38. The molecule has 1 aliphatic rings. The van der Waals surface area contributed by atoms with Gasteiger partial charge in [-0.15, -0.1) is 11.3 Å². The molecule has 2 heterocycles. The molecule has 8 heteroatoms. The molecule has 0 radical (unpaired) electrons. The van der Waals surface area contributed by atoms with Gasteiger partial charge in [-0.1, -0.05) is 25.1 Å². The van der Waals surface area contributed by atoms with Crippen molar-refractivity contribution < 1.29 is 19.1 Å². The number of hydrogen-bond acceptors (Lipinski definition) is 5. The molecule has 3 amide bonds. The van der Waals surface area contributed by atoms with Gasteiger partial charge in [-0.05, 0) is 37.5 Å². The lowest BCUT2D eigenvalue weighted by molar-refractivity contribution is -0.132. The van der Waals surface area contributed by atoms with Crippen LogP contribution in [0.5, 0.6) is 5.75 Å². The number of carbonyl (C=O) groups is 3. The third kappa shape index (κ3) is 6.30. The molecule has 1 aliphatic heterocycles. The van der Waals surface area contributed by atoms with Gasteiger partial charge >= 0.3 is 0 Å². The van der Waals surface area contributed by atoms with Crippen molar-refractivity contribution >= 4 is 29.1 Å². The first-order chi connectivity index (χ1) is 15.0. The Morgan fingerprint density at radius 3 is 2.58 bits per heavy atom. The molecular weight excluding hydrogens is 414 g/mol. The third-order valence-electron chi connectivity index (χ3n) is 5.21. The lowest BCUT2D eigenvalue weighted by Gasteiger charge is -2.21. The minimum absolute atomic E-state index is 0.00116.